The fourth-order valence-electron chi connectivity index (χ4n) is 3.67. The number of carbonyl (C=O) groups is 1. The van der Waals surface area contributed by atoms with E-state index in [-0.39, 0.29) is 5.91 Å². The second kappa shape index (κ2) is 9.27. The number of benzene rings is 2. The average Bonchev–Trinajstić information content (AvgIpc) is 2.69. The second-order valence-electron chi connectivity index (χ2n) is 7.38. The highest BCUT2D eigenvalue weighted by Gasteiger charge is 2.28. The van der Waals surface area contributed by atoms with Crippen LogP contribution in [0.15, 0.2) is 48.5 Å². The predicted octanol–water partition coefficient (Wildman–Crippen LogP) is 5.29. The molecule has 4 heteroatoms. The summed E-state index contributed by atoms with van der Waals surface area (Å²) in [6.07, 6.45) is 3.43. The normalized spacial score (nSPS) is 16.2. The Morgan fingerprint density at radius 2 is 1.89 bits per heavy atom. The molecule has 1 aliphatic rings. The maximum Gasteiger partial charge on any atom is 0.263 e. The summed E-state index contributed by atoms with van der Waals surface area (Å²) in [6.45, 7) is 5.56. The first-order chi connectivity index (χ1) is 13.1. The molecule has 0 spiro atoms. The first-order valence-electron chi connectivity index (χ1n) is 9.82. The van der Waals surface area contributed by atoms with Gasteiger partial charge in [-0.05, 0) is 67.9 Å². The van der Waals surface area contributed by atoms with E-state index in [1.54, 1.807) is 0 Å². The van der Waals surface area contributed by atoms with E-state index in [0.29, 0.717) is 23.1 Å². The first kappa shape index (κ1) is 19.8. The smallest absolute Gasteiger partial charge is 0.263 e. The number of halogens is 1. The Morgan fingerprint density at radius 3 is 2.52 bits per heavy atom. The lowest BCUT2D eigenvalue weighted by molar-refractivity contribution is -0.140. The second-order valence-corrected chi connectivity index (χ2v) is 7.79. The zero-order chi connectivity index (χ0) is 19.2. The average molecular weight is 386 g/mol. The quantitative estimate of drug-likeness (QED) is 0.676. The van der Waals surface area contributed by atoms with Crippen molar-refractivity contribution >= 4 is 17.5 Å². The summed E-state index contributed by atoms with van der Waals surface area (Å²) in [5.74, 6) is 1.45. The molecule has 0 radical (unpaired) electrons. The Morgan fingerprint density at radius 1 is 1.19 bits per heavy atom. The topological polar surface area (TPSA) is 29.5 Å². The van der Waals surface area contributed by atoms with Gasteiger partial charge in [-0.15, -0.1) is 0 Å². The highest BCUT2D eigenvalue weighted by Crippen LogP contribution is 2.25. The summed E-state index contributed by atoms with van der Waals surface area (Å²) in [6, 6.07) is 16.2. The van der Waals surface area contributed by atoms with E-state index in [0.717, 1.165) is 37.9 Å². The Hall–Kier alpha value is -2.00. The van der Waals surface area contributed by atoms with Gasteiger partial charge >= 0.3 is 0 Å². The van der Waals surface area contributed by atoms with Gasteiger partial charge in [0.1, 0.15) is 5.75 Å². The number of ether oxygens (including phenoxy) is 1. The molecular formula is C23H28ClNO2. The number of amides is 1. The third kappa shape index (κ3) is 5.26. The summed E-state index contributed by atoms with van der Waals surface area (Å²) < 4.78 is 5.99. The van der Waals surface area contributed by atoms with Gasteiger partial charge in [-0.2, -0.15) is 0 Å². The summed E-state index contributed by atoms with van der Waals surface area (Å²) in [5.41, 5.74) is 2.34. The van der Waals surface area contributed by atoms with Crippen molar-refractivity contribution in [3.05, 3.63) is 64.7 Å². The van der Waals surface area contributed by atoms with Crippen molar-refractivity contribution < 1.29 is 9.53 Å². The monoisotopic (exact) mass is 385 g/mol. The number of rotatable bonds is 6. The van der Waals surface area contributed by atoms with Crippen LogP contribution < -0.4 is 4.74 Å². The molecule has 1 fully saturated rings. The highest BCUT2D eigenvalue weighted by atomic mass is 35.5. The predicted molar refractivity (Wildman–Crippen MR) is 110 cm³/mol. The third-order valence-corrected chi connectivity index (χ3v) is 5.77. The van der Waals surface area contributed by atoms with E-state index < -0.39 is 6.10 Å². The van der Waals surface area contributed by atoms with E-state index in [2.05, 4.69) is 30.3 Å². The molecule has 0 bridgehead atoms. The van der Waals surface area contributed by atoms with E-state index in [9.17, 15) is 4.79 Å². The van der Waals surface area contributed by atoms with Crippen LogP contribution in [0.25, 0.3) is 0 Å². The van der Waals surface area contributed by atoms with Crippen molar-refractivity contribution in [1.82, 2.24) is 4.90 Å². The van der Waals surface area contributed by atoms with Crippen LogP contribution in [-0.2, 0) is 11.2 Å². The van der Waals surface area contributed by atoms with Gasteiger partial charge in [-0.25, -0.2) is 0 Å². The zero-order valence-corrected chi connectivity index (χ0v) is 16.9. The minimum Gasteiger partial charge on any atom is -0.481 e. The molecule has 0 unspecified atom stereocenters. The summed E-state index contributed by atoms with van der Waals surface area (Å²) in [5, 5.41) is 0.710. The third-order valence-electron chi connectivity index (χ3n) is 5.35. The van der Waals surface area contributed by atoms with Crippen LogP contribution in [-0.4, -0.2) is 30.0 Å². The standard InChI is InChI=1S/C23H28ClNO2/c1-3-22(27-20-9-10-21(24)17(2)15-20)23(26)25-13-11-19(12-14-25)16-18-7-5-4-6-8-18/h4-10,15,19,22H,3,11-14,16H2,1-2H3/t22-/m1/s1. The SMILES string of the molecule is CC[C@@H](Oc1ccc(Cl)c(C)c1)C(=O)N1CCC(Cc2ccccc2)CC1. The molecule has 0 aliphatic carbocycles. The zero-order valence-electron chi connectivity index (χ0n) is 16.2. The van der Waals surface area contributed by atoms with Crippen LogP contribution in [0.4, 0.5) is 0 Å². The van der Waals surface area contributed by atoms with Gasteiger partial charge in [0, 0.05) is 18.1 Å². The van der Waals surface area contributed by atoms with E-state index >= 15 is 0 Å². The van der Waals surface area contributed by atoms with Crippen molar-refractivity contribution in [1.29, 1.82) is 0 Å². The van der Waals surface area contributed by atoms with Crippen LogP contribution in [0.2, 0.25) is 5.02 Å². The Labute approximate surface area is 167 Å². The van der Waals surface area contributed by atoms with Gasteiger partial charge < -0.3 is 9.64 Å². The van der Waals surface area contributed by atoms with E-state index in [1.807, 2.05) is 36.9 Å². The fourth-order valence-corrected chi connectivity index (χ4v) is 3.79. The number of nitrogens with zero attached hydrogens (tertiary/aromatic N) is 1. The van der Waals surface area contributed by atoms with Gasteiger partial charge in [-0.1, -0.05) is 48.9 Å². The lowest BCUT2D eigenvalue weighted by atomic mass is 9.90. The number of hydrogen-bond donors (Lipinski definition) is 0. The molecule has 1 amide bonds. The molecule has 144 valence electrons. The minimum atomic E-state index is -0.434. The number of likely N-dealkylation sites (tertiary alicyclic amines) is 1. The van der Waals surface area contributed by atoms with Gasteiger partial charge in [0.2, 0.25) is 0 Å². The van der Waals surface area contributed by atoms with Crippen molar-refractivity contribution in [3.63, 3.8) is 0 Å². The molecule has 3 nitrogen and oxygen atoms in total. The number of piperidine rings is 1. The summed E-state index contributed by atoms with van der Waals surface area (Å²) in [4.78, 5) is 14.9. The van der Waals surface area contributed by atoms with Crippen LogP contribution in [0, 0.1) is 12.8 Å². The molecule has 2 aromatic carbocycles. The molecule has 2 aromatic rings. The van der Waals surface area contributed by atoms with E-state index in [4.69, 9.17) is 16.3 Å². The molecule has 1 aliphatic heterocycles. The molecule has 1 atom stereocenters. The maximum atomic E-state index is 12.9. The fraction of sp³-hybridized carbons (Fsp3) is 0.435. The molecule has 0 aromatic heterocycles. The molecule has 0 saturated carbocycles. The Kier molecular flexibility index (Phi) is 6.78. The molecular weight excluding hydrogens is 358 g/mol. The van der Waals surface area contributed by atoms with Crippen LogP contribution in [0.1, 0.15) is 37.3 Å². The van der Waals surface area contributed by atoms with Crippen LogP contribution in [0.5, 0.6) is 5.75 Å². The van der Waals surface area contributed by atoms with Crippen LogP contribution >= 0.6 is 11.6 Å². The first-order valence-corrected chi connectivity index (χ1v) is 10.2. The minimum absolute atomic E-state index is 0.100. The van der Waals surface area contributed by atoms with Gasteiger partial charge in [0.15, 0.2) is 6.10 Å². The lowest BCUT2D eigenvalue weighted by Gasteiger charge is -2.34. The molecule has 1 heterocycles. The van der Waals surface area contributed by atoms with Gasteiger partial charge in [0.25, 0.3) is 5.91 Å². The van der Waals surface area contributed by atoms with E-state index in [1.165, 1.54) is 5.56 Å². The van der Waals surface area contributed by atoms with Crippen molar-refractivity contribution in [2.45, 2.75) is 45.6 Å². The molecule has 1 saturated heterocycles. The summed E-state index contributed by atoms with van der Waals surface area (Å²) >= 11 is 6.08. The Balaban J connectivity index is 1.54. The van der Waals surface area contributed by atoms with Crippen molar-refractivity contribution in [2.75, 3.05) is 13.1 Å². The number of hydrogen-bond acceptors (Lipinski definition) is 2. The molecule has 27 heavy (non-hydrogen) atoms. The number of carbonyl (C=O) groups excluding carboxylic acids is 1. The van der Waals surface area contributed by atoms with Gasteiger partial charge in [0.05, 0.1) is 0 Å². The molecule has 0 N–H and O–H groups in total. The largest absolute Gasteiger partial charge is 0.481 e. The summed E-state index contributed by atoms with van der Waals surface area (Å²) in [7, 11) is 0. The number of aryl methyl sites for hydroxylation is 1. The van der Waals surface area contributed by atoms with Crippen LogP contribution in [0.3, 0.4) is 0 Å². The maximum absolute atomic E-state index is 12.9. The van der Waals surface area contributed by atoms with Crippen molar-refractivity contribution in [2.24, 2.45) is 5.92 Å². The molecule has 3 rings (SSSR count). The lowest BCUT2D eigenvalue weighted by Crippen LogP contribution is -2.45. The van der Waals surface area contributed by atoms with Gasteiger partial charge in [-0.3, -0.25) is 4.79 Å². The highest BCUT2D eigenvalue weighted by molar-refractivity contribution is 6.31. The van der Waals surface area contributed by atoms with Crippen molar-refractivity contribution in [3.8, 4) is 5.75 Å². The Bertz CT molecular complexity index is 754.